The molecule has 0 saturated carbocycles. The van der Waals surface area contributed by atoms with Crippen LogP contribution in [0.3, 0.4) is 0 Å². The normalized spacial score (nSPS) is 15.4. The molecule has 6 nitrogen and oxygen atoms in total. The maximum atomic E-state index is 13.3. The Kier molecular flexibility index (Phi) is 5.03. The first-order chi connectivity index (χ1) is 14.1. The molecule has 0 spiro atoms. The third kappa shape index (κ3) is 3.47. The molecular weight excluding hydrogens is 373 g/mol. The topological polar surface area (TPSA) is 65.4 Å². The molecule has 2 heterocycles. The molecule has 0 radical (unpaired) electrons. The summed E-state index contributed by atoms with van der Waals surface area (Å²) in [4.78, 5) is 12.5. The van der Waals surface area contributed by atoms with Crippen molar-refractivity contribution in [3.63, 3.8) is 0 Å². The van der Waals surface area contributed by atoms with Crippen molar-refractivity contribution in [2.45, 2.75) is 12.3 Å². The number of carbonyl (C=O) groups excluding carboxylic acids is 1. The van der Waals surface area contributed by atoms with Crippen LogP contribution < -0.4 is 14.8 Å². The van der Waals surface area contributed by atoms with E-state index in [1.165, 1.54) is 12.1 Å². The highest BCUT2D eigenvalue weighted by Gasteiger charge is 2.33. The molecule has 0 saturated heterocycles. The number of rotatable bonds is 6. The second kappa shape index (κ2) is 7.79. The predicted octanol–water partition coefficient (Wildman–Crippen LogP) is 4.06. The van der Waals surface area contributed by atoms with E-state index in [-0.39, 0.29) is 24.1 Å². The first kappa shape index (κ1) is 18.7. The number of aromatic nitrogens is 2. The lowest BCUT2D eigenvalue weighted by molar-refractivity contribution is -0.116. The standard InChI is InChI=1S/C22H20FN3O3/c1-3-11-29-21-16(5-4-6-19(21)28-2)17-12-20(27)25-22-18(17)13-24-26(22)15-9-7-14(23)8-10-15/h3-10,13,17H,1,11-12H2,2H3,(H,25,27)/t17-/m1/s1. The number of anilines is 1. The number of carbonyl (C=O) groups is 1. The molecule has 4 rings (SSSR count). The molecule has 0 aliphatic carbocycles. The number of methoxy groups -OCH3 is 1. The molecule has 3 aromatic rings. The first-order valence-corrected chi connectivity index (χ1v) is 9.16. The summed E-state index contributed by atoms with van der Waals surface area (Å²) in [5.74, 6) is 0.997. The summed E-state index contributed by atoms with van der Waals surface area (Å²) in [5, 5.41) is 7.33. The van der Waals surface area contributed by atoms with E-state index in [9.17, 15) is 9.18 Å². The number of amides is 1. The van der Waals surface area contributed by atoms with Gasteiger partial charge < -0.3 is 14.8 Å². The minimum Gasteiger partial charge on any atom is -0.493 e. The highest BCUT2D eigenvalue weighted by molar-refractivity contribution is 5.94. The van der Waals surface area contributed by atoms with Crippen LogP contribution in [0, 0.1) is 5.82 Å². The molecule has 1 aliphatic heterocycles. The number of fused-ring (bicyclic) bond motifs is 1. The molecule has 0 unspecified atom stereocenters. The molecule has 29 heavy (non-hydrogen) atoms. The number of hydrogen-bond donors (Lipinski definition) is 1. The summed E-state index contributed by atoms with van der Waals surface area (Å²) in [6.45, 7) is 4.01. The van der Waals surface area contributed by atoms with Gasteiger partial charge in [0, 0.05) is 23.5 Å². The molecule has 1 amide bonds. The smallest absolute Gasteiger partial charge is 0.226 e. The van der Waals surface area contributed by atoms with Gasteiger partial charge in [-0.15, -0.1) is 0 Å². The van der Waals surface area contributed by atoms with E-state index >= 15 is 0 Å². The van der Waals surface area contributed by atoms with Gasteiger partial charge >= 0.3 is 0 Å². The molecule has 7 heteroatoms. The van der Waals surface area contributed by atoms with Crippen LogP contribution in [0.4, 0.5) is 10.2 Å². The van der Waals surface area contributed by atoms with Crippen molar-refractivity contribution in [3.8, 4) is 17.2 Å². The molecule has 0 bridgehead atoms. The Hall–Kier alpha value is -3.61. The Morgan fingerprint density at radius 1 is 1.28 bits per heavy atom. The van der Waals surface area contributed by atoms with Gasteiger partial charge in [-0.2, -0.15) is 5.10 Å². The van der Waals surface area contributed by atoms with Gasteiger partial charge in [0.15, 0.2) is 11.5 Å². The van der Waals surface area contributed by atoms with Gasteiger partial charge in [-0.25, -0.2) is 9.07 Å². The average molecular weight is 393 g/mol. The van der Waals surface area contributed by atoms with Crippen LogP contribution in [0.1, 0.15) is 23.5 Å². The van der Waals surface area contributed by atoms with E-state index in [0.29, 0.717) is 29.6 Å². The zero-order valence-corrected chi connectivity index (χ0v) is 15.9. The molecule has 0 fully saturated rings. The van der Waals surface area contributed by atoms with E-state index in [4.69, 9.17) is 9.47 Å². The van der Waals surface area contributed by atoms with Crippen LogP contribution in [0.25, 0.3) is 5.69 Å². The van der Waals surface area contributed by atoms with E-state index in [2.05, 4.69) is 17.0 Å². The lowest BCUT2D eigenvalue weighted by Crippen LogP contribution is -2.25. The number of benzene rings is 2. The Labute approximate surface area is 167 Å². The van der Waals surface area contributed by atoms with Gasteiger partial charge in [0.2, 0.25) is 5.91 Å². The van der Waals surface area contributed by atoms with Gasteiger partial charge in [-0.3, -0.25) is 4.79 Å². The fourth-order valence-electron chi connectivity index (χ4n) is 3.54. The summed E-state index contributed by atoms with van der Waals surface area (Å²) >= 11 is 0. The highest BCUT2D eigenvalue weighted by Crippen LogP contribution is 2.44. The van der Waals surface area contributed by atoms with Gasteiger partial charge in [-0.05, 0) is 30.3 Å². The van der Waals surface area contributed by atoms with Crippen LogP contribution in [0.2, 0.25) is 0 Å². The van der Waals surface area contributed by atoms with Gasteiger partial charge in [-0.1, -0.05) is 24.8 Å². The van der Waals surface area contributed by atoms with Crippen molar-refractivity contribution in [2.24, 2.45) is 0 Å². The maximum Gasteiger partial charge on any atom is 0.226 e. The van der Waals surface area contributed by atoms with Gasteiger partial charge in [0.25, 0.3) is 0 Å². The van der Waals surface area contributed by atoms with E-state index in [0.717, 1.165) is 11.1 Å². The predicted molar refractivity (Wildman–Crippen MR) is 107 cm³/mol. The SMILES string of the molecule is C=CCOc1c(OC)cccc1[C@H]1CC(=O)Nc2c1cnn2-c1ccc(F)cc1. The Morgan fingerprint density at radius 3 is 2.79 bits per heavy atom. The molecule has 1 N–H and O–H groups in total. The number of para-hydroxylation sites is 1. The maximum absolute atomic E-state index is 13.3. The highest BCUT2D eigenvalue weighted by atomic mass is 19.1. The van der Waals surface area contributed by atoms with Crippen LogP contribution in [0.15, 0.2) is 61.3 Å². The average Bonchev–Trinajstić information content (AvgIpc) is 3.15. The fourth-order valence-corrected chi connectivity index (χ4v) is 3.54. The second-order valence-corrected chi connectivity index (χ2v) is 6.62. The summed E-state index contributed by atoms with van der Waals surface area (Å²) in [7, 11) is 1.57. The van der Waals surface area contributed by atoms with Crippen molar-refractivity contribution in [3.05, 3.63) is 78.3 Å². The lowest BCUT2D eigenvalue weighted by atomic mass is 9.86. The lowest BCUT2D eigenvalue weighted by Gasteiger charge is -2.26. The Bertz CT molecular complexity index is 1060. The van der Waals surface area contributed by atoms with Crippen molar-refractivity contribution in [1.82, 2.24) is 9.78 Å². The Balaban J connectivity index is 1.82. The molecule has 1 aliphatic rings. The number of hydrogen-bond acceptors (Lipinski definition) is 4. The van der Waals surface area contributed by atoms with Crippen LogP contribution in [-0.2, 0) is 4.79 Å². The van der Waals surface area contributed by atoms with Crippen molar-refractivity contribution >= 4 is 11.7 Å². The van der Waals surface area contributed by atoms with Gasteiger partial charge in [0.1, 0.15) is 18.2 Å². The summed E-state index contributed by atoms with van der Waals surface area (Å²) < 4.78 is 26.2. The van der Waals surface area contributed by atoms with E-state index in [1.807, 2.05) is 18.2 Å². The van der Waals surface area contributed by atoms with E-state index in [1.54, 1.807) is 36.2 Å². The van der Waals surface area contributed by atoms with Crippen LogP contribution >= 0.6 is 0 Å². The van der Waals surface area contributed by atoms with Crippen molar-refractivity contribution in [1.29, 1.82) is 0 Å². The molecule has 1 aromatic heterocycles. The third-order valence-corrected chi connectivity index (χ3v) is 4.84. The quantitative estimate of drug-likeness (QED) is 0.642. The minimum absolute atomic E-state index is 0.135. The molecule has 2 aromatic carbocycles. The van der Waals surface area contributed by atoms with Crippen LogP contribution in [0.5, 0.6) is 11.5 Å². The first-order valence-electron chi connectivity index (χ1n) is 9.16. The number of nitrogens with one attached hydrogen (secondary N) is 1. The summed E-state index contributed by atoms with van der Waals surface area (Å²) in [6, 6.07) is 11.5. The number of ether oxygens (including phenoxy) is 2. The van der Waals surface area contributed by atoms with Crippen molar-refractivity contribution < 1.29 is 18.7 Å². The zero-order valence-electron chi connectivity index (χ0n) is 15.9. The molecule has 1 atom stereocenters. The zero-order chi connectivity index (χ0) is 20.4. The largest absolute Gasteiger partial charge is 0.493 e. The van der Waals surface area contributed by atoms with Gasteiger partial charge in [0.05, 0.1) is 19.0 Å². The van der Waals surface area contributed by atoms with Crippen molar-refractivity contribution in [2.75, 3.05) is 19.0 Å². The molecule has 148 valence electrons. The minimum atomic E-state index is -0.336. The molecular formula is C22H20FN3O3. The monoisotopic (exact) mass is 393 g/mol. The van der Waals surface area contributed by atoms with Crippen LogP contribution in [-0.4, -0.2) is 29.4 Å². The second-order valence-electron chi connectivity index (χ2n) is 6.62. The Morgan fingerprint density at radius 2 is 2.07 bits per heavy atom. The summed E-state index contributed by atoms with van der Waals surface area (Å²) in [6.07, 6.45) is 3.63. The fraction of sp³-hybridized carbons (Fsp3) is 0.182. The number of nitrogens with zero attached hydrogens (tertiary/aromatic N) is 2. The number of halogens is 1. The van der Waals surface area contributed by atoms with E-state index < -0.39 is 0 Å². The third-order valence-electron chi connectivity index (χ3n) is 4.84. The summed E-state index contributed by atoms with van der Waals surface area (Å²) in [5.41, 5.74) is 2.34.